The van der Waals surface area contributed by atoms with E-state index in [-0.39, 0.29) is 5.91 Å². The number of nitrogens with one attached hydrogen (secondary N) is 1. The summed E-state index contributed by atoms with van der Waals surface area (Å²) >= 11 is 0. The van der Waals surface area contributed by atoms with Gasteiger partial charge in [-0.3, -0.25) is 4.79 Å². The molecule has 19 heavy (non-hydrogen) atoms. The lowest BCUT2D eigenvalue weighted by molar-refractivity contribution is -0.117. The van der Waals surface area contributed by atoms with Crippen molar-refractivity contribution >= 4 is 11.6 Å². The molecule has 0 aliphatic carbocycles. The van der Waals surface area contributed by atoms with E-state index < -0.39 is 6.04 Å². The van der Waals surface area contributed by atoms with E-state index in [0.29, 0.717) is 12.2 Å². The summed E-state index contributed by atoms with van der Waals surface area (Å²) in [6.45, 7) is 0.372. The molecule has 4 heteroatoms. The molecule has 0 radical (unpaired) electrons. The first-order valence-corrected chi connectivity index (χ1v) is 6.11. The van der Waals surface area contributed by atoms with E-state index in [1.807, 2.05) is 54.6 Å². The van der Waals surface area contributed by atoms with E-state index in [2.05, 4.69) is 5.32 Å². The summed E-state index contributed by atoms with van der Waals surface area (Å²) in [5.41, 5.74) is 13.9. The van der Waals surface area contributed by atoms with Crippen LogP contribution in [-0.2, 0) is 11.3 Å². The molecule has 2 aromatic carbocycles. The molecule has 0 aliphatic heterocycles. The first kappa shape index (κ1) is 13.3. The quantitative estimate of drug-likeness (QED) is 0.779. The van der Waals surface area contributed by atoms with Crippen LogP contribution in [0.15, 0.2) is 54.6 Å². The molecule has 98 valence electrons. The highest BCUT2D eigenvalue weighted by molar-refractivity contribution is 5.96. The third-order valence-electron chi connectivity index (χ3n) is 2.94. The van der Waals surface area contributed by atoms with E-state index in [1.165, 1.54) is 0 Å². The lowest BCUT2D eigenvalue weighted by atomic mass is 10.1. The van der Waals surface area contributed by atoms with Crippen LogP contribution >= 0.6 is 0 Å². The standard InChI is InChI=1S/C15H17N3O/c16-10-12-8-4-5-9-13(12)18-15(19)14(17)11-6-2-1-3-7-11/h1-9,14H,10,16-17H2,(H,18,19)/t14-/m0/s1. The fraction of sp³-hybridized carbons (Fsp3) is 0.133. The van der Waals surface area contributed by atoms with Crippen molar-refractivity contribution in [3.05, 3.63) is 65.7 Å². The molecule has 0 fully saturated rings. The first-order valence-electron chi connectivity index (χ1n) is 6.11. The number of carbonyl (C=O) groups excluding carboxylic acids is 1. The number of para-hydroxylation sites is 1. The van der Waals surface area contributed by atoms with Crippen molar-refractivity contribution < 1.29 is 4.79 Å². The monoisotopic (exact) mass is 255 g/mol. The van der Waals surface area contributed by atoms with E-state index in [0.717, 1.165) is 11.1 Å². The fourth-order valence-electron chi connectivity index (χ4n) is 1.84. The molecule has 0 bridgehead atoms. The number of rotatable bonds is 4. The molecule has 2 aromatic rings. The lowest BCUT2D eigenvalue weighted by Gasteiger charge is -2.14. The van der Waals surface area contributed by atoms with Gasteiger partial charge in [0.15, 0.2) is 0 Å². The molecule has 5 N–H and O–H groups in total. The van der Waals surface area contributed by atoms with Gasteiger partial charge in [-0.1, -0.05) is 48.5 Å². The van der Waals surface area contributed by atoms with Gasteiger partial charge in [-0.25, -0.2) is 0 Å². The minimum absolute atomic E-state index is 0.243. The first-order chi connectivity index (χ1) is 9.22. The van der Waals surface area contributed by atoms with E-state index in [4.69, 9.17) is 11.5 Å². The number of hydrogen-bond acceptors (Lipinski definition) is 3. The van der Waals surface area contributed by atoms with Crippen molar-refractivity contribution in [1.29, 1.82) is 0 Å². The van der Waals surface area contributed by atoms with Crippen molar-refractivity contribution in [3.63, 3.8) is 0 Å². The molecule has 0 saturated heterocycles. The topological polar surface area (TPSA) is 81.1 Å². The van der Waals surface area contributed by atoms with Gasteiger partial charge in [-0.2, -0.15) is 0 Å². The Hall–Kier alpha value is -2.17. The Bertz CT molecular complexity index is 554. The Morgan fingerprint density at radius 3 is 2.37 bits per heavy atom. The van der Waals surface area contributed by atoms with E-state index in [1.54, 1.807) is 0 Å². The SMILES string of the molecule is NCc1ccccc1NC(=O)[C@@H](N)c1ccccc1. The van der Waals surface area contributed by atoms with Crippen molar-refractivity contribution in [2.24, 2.45) is 11.5 Å². The van der Waals surface area contributed by atoms with Crippen LogP contribution in [0.5, 0.6) is 0 Å². The molecule has 0 aromatic heterocycles. The molecular formula is C15H17N3O. The van der Waals surface area contributed by atoms with Gasteiger partial charge in [-0.05, 0) is 17.2 Å². The lowest BCUT2D eigenvalue weighted by Crippen LogP contribution is -2.28. The Labute approximate surface area is 112 Å². The van der Waals surface area contributed by atoms with Gasteiger partial charge in [0.05, 0.1) is 0 Å². The average Bonchev–Trinajstić information content (AvgIpc) is 2.48. The van der Waals surface area contributed by atoms with Crippen LogP contribution in [0.2, 0.25) is 0 Å². The van der Waals surface area contributed by atoms with Crippen LogP contribution in [0.3, 0.4) is 0 Å². The van der Waals surface area contributed by atoms with Gasteiger partial charge >= 0.3 is 0 Å². The summed E-state index contributed by atoms with van der Waals surface area (Å²) in [5, 5.41) is 2.82. The van der Waals surface area contributed by atoms with Crippen molar-refractivity contribution in [3.8, 4) is 0 Å². The minimum Gasteiger partial charge on any atom is -0.326 e. The predicted octanol–water partition coefficient (Wildman–Crippen LogP) is 1.78. The van der Waals surface area contributed by atoms with Crippen LogP contribution in [0.4, 0.5) is 5.69 Å². The number of amides is 1. The van der Waals surface area contributed by atoms with Gasteiger partial charge in [0, 0.05) is 12.2 Å². The van der Waals surface area contributed by atoms with Gasteiger partial charge in [0.1, 0.15) is 6.04 Å². The zero-order chi connectivity index (χ0) is 13.7. The predicted molar refractivity (Wildman–Crippen MR) is 76.3 cm³/mol. The largest absolute Gasteiger partial charge is 0.326 e. The van der Waals surface area contributed by atoms with Crippen LogP contribution in [-0.4, -0.2) is 5.91 Å². The van der Waals surface area contributed by atoms with Gasteiger partial charge in [0.25, 0.3) is 0 Å². The number of carbonyl (C=O) groups is 1. The maximum absolute atomic E-state index is 12.1. The van der Waals surface area contributed by atoms with Gasteiger partial charge in [-0.15, -0.1) is 0 Å². The summed E-state index contributed by atoms with van der Waals surface area (Å²) in [4.78, 5) is 12.1. The number of nitrogens with two attached hydrogens (primary N) is 2. The summed E-state index contributed by atoms with van der Waals surface area (Å²) in [5.74, 6) is -0.243. The third kappa shape index (κ3) is 3.19. The Morgan fingerprint density at radius 1 is 1.05 bits per heavy atom. The fourth-order valence-corrected chi connectivity index (χ4v) is 1.84. The van der Waals surface area contributed by atoms with Crippen LogP contribution in [0, 0.1) is 0 Å². The smallest absolute Gasteiger partial charge is 0.245 e. The van der Waals surface area contributed by atoms with Crippen molar-refractivity contribution in [2.45, 2.75) is 12.6 Å². The molecule has 0 aliphatic rings. The van der Waals surface area contributed by atoms with Gasteiger partial charge < -0.3 is 16.8 Å². The molecule has 0 saturated carbocycles. The van der Waals surface area contributed by atoms with Crippen LogP contribution in [0.25, 0.3) is 0 Å². The summed E-state index contributed by atoms with van der Waals surface area (Å²) in [7, 11) is 0. The summed E-state index contributed by atoms with van der Waals surface area (Å²) in [6, 6.07) is 16.0. The summed E-state index contributed by atoms with van der Waals surface area (Å²) < 4.78 is 0. The van der Waals surface area contributed by atoms with Crippen LogP contribution < -0.4 is 16.8 Å². The second kappa shape index (κ2) is 6.13. The third-order valence-corrected chi connectivity index (χ3v) is 2.94. The zero-order valence-corrected chi connectivity index (χ0v) is 10.5. The molecule has 4 nitrogen and oxygen atoms in total. The minimum atomic E-state index is -0.688. The number of hydrogen-bond donors (Lipinski definition) is 3. The highest BCUT2D eigenvalue weighted by Gasteiger charge is 2.16. The molecule has 1 atom stereocenters. The number of benzene rings is 2. The van der Waals surface area contributed by atoms with E-state index >= 15 is 0 Å². The Morgan fingerprint density at radius 2 is 1.68 bits per heavy atom. The molecular weight excluding hydrogens is 238 g/mol. The highest BCUT2D eigenvalue weighted by Crippen LogP contribution is 2.17. The molecule has 0 spiro atoms. The Kier molecular flexibility index (Phi) is 4.28. The van der Waals surface area contributed by atoms with E-state index in [9.17, 15) is 4.79 Å². The zero-order valence-electron chi connectivity index (χ0n) is 10.5. The van der Waals surface area contributed by atoms with Crippen LogP contribution in [0.1, 0.15) is 17.2 Å². The Balaban J connectivity index is 2.13. The summed E-state index contributed by atoms with van der Waals surface area (Å²) in [6.07, 6.45) is 0. The maximum Gasteiger partial charge on any atom is 0.245 e. The van der Waals surface area contributed by atoms with Crippen molar-refractivity contribution in [2.75, 3.05) is 5.32 Å². The highest BCUT2D eigenvalue weighted by atomic mass is 16.2. The maximum atomic E-state index is 12.1. The second-order valence-electron chi connectivity index (χ2n) is 4.24. The number of anilines is 1. The normalized spacial score (nSPS) is 11.9. The molecule has 1 amide bonds. The average molecular weight is 255 g/mol. The molecule has 0 unspecified atom stereocenters. The molecule has 2 rings (SSSR count). The second-order valence-corrected chi connectivity index (χ2v) is 4.24. The van der Waals surface area contributed by atoms with Gasteiger partial charge in [0.2, 0.25) is 5.91 Å². The van der Waals surface area contributed by atoms with Crippen molar-refractivity contribution in [1.82, 2.24) is 0 Å². The molecule has 0 heterocycles.